The second-order valence-corrected chi connectivity index (χ2v) is 15.6. The molecule has 1 aliphatic carbocycles. The van der Waals surface area contributed by atoms with E-state index in [-0.39, 0.29) is 5.75 Å². The van der Waals surface area contributed by atoms with Gasteiger partial charge in [-0.1, -0.05) is 110 Å². The van der Waals surface area contributed by atoms with E-state index in [2.05, 4.69) is 45.7 Å². The van der Waals surface area contributed by atoms with Gasteiger partial charge in [0.25, 0.3) is 0 Å². The summed E-state index contributed by atoms with van der Waals surface area (Å²) in [7, 11) is -3.70. The monoisotopic (exact) mass is 671 g/mol. The third kappa shape index (κ3) is 9.14. The van der Waals surface area contributed by atoms with Gasteiger partial charge in [-0.15, -0.1) is 0 Å². The average Bonchev–Trinajstić information content (AvgIpc) is 3.54. The number of aromatic nitrogens is 2. The highest BCUT2D eigenvalue weighted by Crippen LogP contribution is 2.41. The number of aryl methyl sites for hydroxylation is 1. The Kier molecular flexibility index (Phi) is 11.8. The molecule has 1 aromatic heterocycles. The molecule has 0 spiro atoms. The lowest BCUT2D eigenvalue weighted by Crippen LogP contribution is -2.39. The topological polar surface area (TPSA) is 99.5 Å². The molecule has 0 amide bonds. The maximum atomic E-state index is 13.2. The molecule has 0 saturated heterocycles. The van der Waals surface area contributed by atoms with Crippen LogP contribution in [0.4, 0.5) is 4.79 Å². The Morgan fingerprint density at radius 1 is 0.875 bits per heavy atom. The van der Waals surface area contributed by atoms with E-state index in [9.17, 15) is 13.2 Å². The zero-order valence-electron chi connectivity index (χ0n) is 28.4. The minimum absolute atomic E-state index is 0.324. The Labute approximate surface area is 286 Å². The largest absolute Gasteiger partial charge is 0.509 e. The standard InChI is InChI=1S/C39H49N3O5S/c1-38(2,3)47-37(43)46-35(30-48(44,45)41-29-31-17-8-4-9-18-31)25-16-26-36-40-27-28-42(36)39(32-19-10-5-11-20-32,33-21-12-6-13-22-33)34-23-14-7-15-24-34/h5-7,10-15,19-24,27-28,31,35,41H,4,8-9,16-18,25-26,29-30H2,1-3H3. The number of nitrogens with one attached hydrogen (secondary N) is 1. The predicted octanol–water partition coefficient (Wildman–Crippen LogP) is 7.87. The molecule has 8 nitrogen and oxygen atoms in total. The van der Waals surface area contributed by atoms with Crippen LogP contribution >= 0.6 is 0 Å². The van der Waals surface area contributed by atoms with Gasteiger partial charge in [-0.3, -0.25) is 0 Å². The fourth-order valence-corrected chi connectivity index (χ4v) is 8.13. The van der Waals surface area contributed by atoms with Crippen LogP contribution in [0, 0.1) is 5.92 Å². The maximum absolute atomic E-state index is 13.2. The molecule has 1 heterocycles. The Bertz CT molecular complexity index is 1580. The van der Waals surface area contributed by atoms with Gasteiger partial charge in [-0.25, -0.2) is 22.9 Å². The number of carbonyl (C=O) groups excluding carboxylic acids is 1. The van der Waals surface area contributed by atoms with E-state index in [1.54, 1.807) is 20.8 Å². The Morgan fingerprint density at radius 3 is 1.94 bits per heavy atom. The van der Waals surface area contributed by atoms with Gasteiger partial charge in [0.15, 0.2) is 0 Å². The molecule has 1 fully saturated rings. The van der Waals surface area contributed by atoms with E-state index in [1.165, 1.54) is 6.42 Å². The van der Waals surface area contributed by atoms with Gasteiger partial charge in [0.05, 0.1) is 0 Å². The van der Waals surface area contributed by atoms with Crippen molar-refractivity contribution in [3.05, 3.63) is 126 Å². The van der Waals surface area contributed by atoms with E-state index in [0.29, 0.717) is 31.7 Å². The summed E-state index contributed by atoms with van der Waals surface area (Å²) in [4.78, 5) is 17.6. The summed E-state index contributed by atoms with van der Waals surface area (Å²) in [5.74, 6) is 0.854. The first kappa shape index (κ1) is 35.4. The smallest absolute Gasteiger partial charge is 0.430 e. The molecule has 5 rings (SSSR count). The minimum atomic E-state index is -3.70. The number of rotatable bonds is 14. The summed E-state index contributed by atoms with van der Waals surface area (Å²) >= 11 is 0. The lowest BCUT2D eigenvalue weighted by molar-refractivity contribution is -0.0242. The molecule has 256 valence electrons. The molecule has 9 heteroatoms. The summed E-state index contributed by atoms with van der Waals surface area (Å²) in [5.41, 5.74) is 1.78. The summed E-state index contributed by atoms with van der Waals surface area (Å²) in [6, 6.07) is 31.2. The zero-order valence-corrected chi connectivity index (χ0v) is 29.2. The lowest BCUT2D eigenvalue weighted by Gasteiger charge is -2.38. The van der Waals surface area contributed by atoms with E-state index < -0.39 is 33.4 Å². The fourth-order valence-electron chi connectivity index (χ4n) is 6.79. The van der Waals surface area contributed by atoms with E-state index >= 15 is 0 Å². The third-order valence-corrected chi connectivity index (χ3v) is 10.4. The SMILES string of the molecule is CC(C)(C)OC(=O)OC(CCCc1nccn1C(c1ccccc1)(c1ccccc1)c1ccccc1)CS(=O)(=O)NCC1CCCCC1. The Hall–Kier alpha value is -3.95. The van der Waals surface area contributed by atoms with Crippen LogP contribution in [0.2, 0.25) is 0 Å². The molecule has 4 aromatic rings. The molecular weight excluding hydrogens is 623 g/mol. The Morgan fingerprint density at radius 2 is 1.42 bits per heavy atom. The van der Waals surface area contributed by atoms with Gasteiger partial charge in [0, 0.05) is 25.4 Å². The van der Waals surface area contributed by atoms with Crippen LogP contribution in [0.5, 0.6) is 0 Å². The number of hydrogen-bond donors (Lipinski definition) is 1. The molecule has 1 N–H and O–H groups in total. The number of sulfonamides is 1. The number of carbonyl (C=O) groups is 1. The highest BCUT2D eigenvalue weighted by atomic mass is 32.2. The summed E-state index contributed by atoms with van der Waals surface area (Å²) < 4.78 is 42.6. The van der Waals surface area contributed by atoms with Crippen molar-refractivity contribution in [3.8, 4) is 0 Å². The second-order valence-electron chi connectivity index (χ2n) is 13.8. The van der Waals surface area contributed by atoms with Crippen molar-refractivity contribution in [3.63, 3.8) is 0 Å². The molecular formula is C39H49N3O5S. The fraction of sp³-hybridized carbons (Fsp3) is 0.436. The van der Waals surface area contributed by atoms with Gasteiger partial charge < -0.3 is 14.0 Å². The number of nitrogens with zero attached hydrogens (tertiary/aromatic N) is 2. The van der Waals surface area contributed by atoms with Crippen molar-refractivity contribution < 1.29 is 22.7 Å². The van der Waals surface area contributed by atoms with Crippen LogP contribution in [0.1, 0.15) is 88.2 Å². The van der Waals surface area contributed by atoms with Crippen molar-refractivity contribution in [2.24, 2.45) is 5.92 Å². The van der Waals surface area contributed by atoms with Crippen molar-refractivity contribution >= 4 is 16.2 Å². The molecule has 48 heavy (non-hydrogen) atoms. The minimum Gasteiger partial charge on any atom is -0.430 e. The van der Waals surface area contributed by atoms with Gasteiger partial charge >= 0.3 is 6.16 Å². The van der Waals surface area contributed by atoms with Crippen LogP contribution in [0.15, 0.2) is 103 Å². The van der Waals surface area contributed by atoms with Crippen LogP contribution in [0.3, 0.4) is 0 Å². The van der Waals surface area contributed by atoms with Crippen LogP contribution < -0.4 is 4.72 Å². The van der Waals surface area contributed by atoms with E-state index in [0.717, 1.165) is 48.2 Å². The average molecular weight is 672 g/mol. The van der Waals surface area contributed by atoms with Gasteiger partial charge in [-0.05, 0) is 69.1 Å². The molecule has 1 aliphatic rings. The molecule has 1 saturated carbocycles. The zero-order chi connectivity index (χ0) is 34.0. The number of benzene rings is 3. The van der Waals surface area contributed by atoms with Crippen molar-refractivity contribution in [1.29, 1.82) is 0 Å². The van der Waals surface area contributed by atoms with Crippen molar-refractivity contribution in [2.45, 2.75) is 89.4 Å². The number of ether oxygens (including phenoxy) is 2. The second kappa shape index (κ2) is 16.0. The molecule has 3 aromatic carbocycles. The number of imidazole rings is 1. The highest BCUT2D eigenvalue weighted by Gasteiger charge is 2.39. The predicted molar refractivity (Wildman–Crippen MR) is 189 cm³/mol. The molecule has 0 radical (unpaired) electrons. The van der Waals surface area contributed by atoms with Crippen LogP contribution in [-0.2, 0) is 31.5 Å². The highest BCUT2D eigenvalue weighted by molar-refractivity contribution is 7.89. The van der Waals surface area contributed by atoms with Gasteiger partial charge in [-0.2, -0.15) is 0 Å². The summed E-state index contributed by atoms with van der Waals surface area (Å²) in [5, 5.41) is 0. The summed E-state index contributed by atoms with van der Waals surface area (Å²) in [6.07, 6.45) is 9.00. The van der Waals surface area contributed by atoms with E-state index in [1.807, 2.05) is 67.0 Å². The van der Waals surface area contributed by atoms with Gasteiger partial charge in [0.1, 0.15) is 28.8 Å². The summed E-state index contributed by atoms with van der Waals surface area (Å²) in [6.45, 7) is 5.68. The quantitative estimate of drug-likeness (QED) is 0.108. The third-order valence-electron chi connectivity index (χ3n) is 8.95. The van der Waals surface area contributed by atoms with Gasteiger partial charge in [0.2, 0.25) is 10.0 Å². The Balaban J connectivity index is 1.40. The normalized spacial score (nSPS) is 15.1. The molecule has 0 bridgehead atoms. The first-order valence-corrected chi connectivity index (χ1v) is 18.8. The van der Waals surface area contributed by atoms with Crippen molar-refractivity contribution in [2.75, 3.05) is 12.3 Å². The van der Waals surface area contributed by atoms with E-state index in [4.69, 9.17) is 14.5 Å². The lowest BCUT2D eigenvalue weighted by atomic mass is 9.76. The molecule has 0 aliphatic heterocycles. The first-order valence-electron chi connectivity index (χ1n) is 17.1. The first-order chi connectivity index (χ1) is 23.1. The van der Waals surface area contributed by atoms with Crippen LogP contribution in [0.25, 0.3) is 0 Å². The van der Waals surface area contributed by atoms with Crippen LogP contribution in [-0.4, -0.2) is 48.1 Å². The number of hydrogen-bond acceptors (Lipinski definition) is 6. The molecule has 1 atom stereocenters. The molecule has 1 unspecified atom stereocenters. The maximum Gasteiger partial charge on any atom is 0.509 e. The van der Waals surface area contributed by atoms with Crippen molar-refractivity contribution in [1.82, 2.24) is 14.3 Å².